The number of benzene rings is 1. The monoisotopic (exact) mass is 333 g/mol. The molecule has 0 bridgehead atoms. The maximum atomic E-state index is 11.6. The quantitative estimate of drug-likeness (QED) is 0.899. The Kier molecular flexibility index (Phi) is 5.22. The number of halogens is 1. The highest BCUT2D eigenvalue weighted by molar-refractivity contribution is 9.10. The van der Waals surface area contributed by atoms with E-state index in [0.29, 0.717) is 0 Å². The summed E-state index contributed by atoms with van der Waals surface area (Å²) in [5.41, 5.74) is 3.25. The van der Waals surface area contributed by atoms with Crippen molar-refractivity contribution in [3.8, 4) is 0 Å². The molecule has 0 saturated carbocycles. The smallest absolute Gasteiger partial charge is 0.152 e. The van der Waals surface area contributed by atoms with E-state index in [2.05, 4.69) is 21.2 Å². The van der Waals surface area contributed by atoms with Crippen LogP contribution in [0, 0.1) is 13.8 Å². The maximum absolute atomic E-state index is 11.6. The van der Waals surface area contributed by atoms with Gasteiger partial charge in [0.1, 0.15) is 0 Å². The van der Waals surface area contributed by atoms with Gasteiger partial charge in [-0.2, -0.15) is 0 Å². The van der Waals surface area contributed by atoms with Crippen LogP contribution in [0.1, 0.15) is 25.0 Å². The average Bonchev–Trinajstić information content (AvgIpc) is 2.22. The van der Waals surface area contributed by atoms with E-state index in [-0.39, 0.29) is 17.5 Å². The molecule has 1 aromatic rings. The van der Waals surface area contributed by atoms with Gasteiger partial charge >= 0.3 is 0 Å². The van der Waals surface area contributed by atoms with Crippen molar-refractivity contribution in [2.24, 2.45) is 0 Å². The number of nitrogens with one attached hydrogen (secondary N) is 1. The van der Waals surface area contributed by atoms with Crippen molar-refractivity contribution in [3.05, 3.63) is 27.7 Å². The molecule has 0 aliphatic heterocycles. The molecule has 1 N–H and O–H groups in total. The molecule has 18 heavy (non-hydrogen) atoms. The third-order valence-electron chi connectivity index (χ3n) is 2.83. The van der Waals surface area contributed by atoms with Gasteiger partial charge in [0.15, 0.2) is 9.84 Å². The molecular formula is C13H20BrNO2S. The highest BCUT2D eigenvalue weighted by Gasteiger charge is 2.15. The van der Waals surface area contributed by atoms with Gasteiger partial charge in [-0.1, -0.05) is 22.9 Å². The average molecular weight is 334 g/mol. The molecule has 0 aliphatic carbocycles. The van der Waals surface area contributed by atoms with E-state index in [1.54, 1.807) is 6.92 Å². The molecule has 0 saturated heterocycles. The Morgan fingerprint density at radius 2 is 1.78 bits per heavy atom. The molecule has 1 atom stereocenters. The lowest BCUT2D eigenvalue weighted by Crippen LogP contribution is -2.27. The van der Waals surface area contributed by atoms with Crippen LogP contribution >= 0.6 is 15.9 Å². The van der Waals surface area contributed by atoms with Crippen molar-refractivity contribution < 1.29 is 8.42 Å². The summed E-state index contributed by atoms with van der Waals surface area (Å²) in [6, 6.07) is 3.96. The van der Waals surface area contributed by atoms with Crippen LogP contribution in [0.25, 0.3) is 0 Å². The minimum atomic E-state index is -2.94. The fraction of sp³-hybridized carbons (Fsp3) is 0.538. The van der Waals surface area contributed by atoms with Crippen LogP contribution in [0.15, 0.2) is 16.6 Å². The number of hydrogen-bond donors (Lipinski definition) is 1. The fourth-order valence-electron chi connectivity index (χ4n) is 1.93. The summed E-state index contributed by atoms with van der Waals surface area (Å²) in [5.74, 6) is 0.357. The first-order chi connectivity index (χ1) is 8.25. The van der Waals surface area contributed by atoms with Gasteiger partial charge in [0, 0.05) is 22.0 Å². The summed E-state index contributed by atoms with van der Waals surface area (Å²) in [7, 11) is -2.94. The molecule has 0 aliphatic rings. The van der Waals surface area contributed by atoms with Crippen LogP contribution in [-0.2, 0) is 9.84 Å². The SMILES string of the molecule is CCS(=O)(=O)CC(C)Nc1c(C)cc(Br)cc1C. The molecule has 5 heteroatoms. The Bertz CT molecular complexity index is 503. The van der Waals surface area contributed by atoms with Crippen molar-refractivity contribution in [1.29, 1.82) is 0 Å². The highest BCUT2D eigenvalue weighted by Crippen LogP contribution is 2.25. The van der Waals surface area contributed by atoms with Crippen molar-refractivity contribution in [2.45, 2.75) is 33.7 Å². The third kappa shape index (κ3) is 4.28. The van der Waals surface area contributed by atoms with E-state index in [0.717, 1.165) is 21.3 Å². The van der Waals surface area contributed by atoms with Gasteiger partial charge in [-0.05, 0) is 44.0 Å². The van der Waals surface area contributed by atoms with Gasteiger partial charge < -0.3 is 5.32 Å². The molecule has 0 radical (unpaired) electrons. The predicted molar refractivity (Wildman–Crippen MR) is 81.0 cm³/mol. The normalized spacial score (nSPS) is 13.4. The van der Waals surface area contributed by atoms with Crippen LogP contribution in [0.4, 0.5) is 5.69 Å². The Morgan fingerprint density at radius 3 is 2.22 bits per heavy atom. The van der Waals surface area contributed by atoms with Crippen molar-refractivity contribution in [3.63, 3.8) is 0 Å². The van der Waals surface area contributed by atoms with Crippen LogP contribution < -0.4 is 5.32 Å². The van der Waals surface area contributed by atoms with Gasteiger partial charge in [0.25, 0.3) is 0 Å². The van der Waals surface area contributed by atoms with Gasteiger partial charge in [0.2, 0.25) is 0 Å². The summed E-state index contributed by atoms with van der Waals surface area (Å²) in [4.78, 5) is 0. The lowest BCUT2D eigenvalue weighted by atomic mass is 10.1. The van der Waals surface area contributed by atoms with Crippen LogP contribution in [-0.4, -0.2) is 26.0 Å². The lowest BCUT2D eigenvalue weighted by Gasteiger charge is -2.19. The van der Waals surface area contributed by atoms with Crippen LogP contribution in [0.5, 0.6) is 0 Å². The van der Waals surface area contributed by atoms with Crippen molar-refractivity contribution in [2.75, 3.05) is 16.8 Å². The number of hydrogen-bond acceptors (Lipinski definition) is 3. The summed E-state index contributed by atoms with van der Waals surface area (Å²) < 4.78 is 24.2. The molecule has 0 amide bonds. The molecular weight excluding hydrogens is 314 g/mol. The Hall–Kier alpha value is -0.550. The van der Waals surface area contributed by atoms with Gasteiger partial charge in [-0.15, -0.1) is 0 Å². The van der Waals surface area contributed by atoms with Gasteiger partial charge in [0.05, 0.1) is 5.75 Å². The first kappa shape index (κ1) is 15.5. The van der Waals surface area contributed by atoms with E-state index < -0.39 is 9.84 Å². The summed E-state index contributed by atoms with van der Waals surface area (Å²) >= 11 is 3.45. The molecule has 0 aromatic heterocycles. The zero-order chi connectivity index (χ0) is 13.9. The van der Waals surface area contributed by atoms with Crippen molar-refractivity contribution >= 4 is 31.5 Å². The Balaban J connectivity index is 2.86. The number of rotatable bonds is 5. The van der Waals surface area contributed by atoms with Gasteiger partial charge in [-0.3, -0.25) is 0 Å². The Labute approximate surface area is 118 Å². The van der Waals surface area contributed by atoms with E-state index in [4.69, 9.17) is 0 Å². The molecule has 0 fully saturated rings. The van der Waals surface area contributed by atoms with Crippen LogP contribution in [0.2, 0.25) is 0 Å². The molecule has 3 nitrogen and oxygen atoms in total. The number of anilines is 1. The second-order valence-corrected chi connectivity index (χ2v) is 7.97. The fourth-order valence-corrected chi connectivity index (χ4v) is 3.69. The third-order valence-corrected chi connectivity index (χ3v) is 5.18. The summed E-state index contributed by atoms with van der Waals surface area (Å²) in [6.45, 7) is 7.61. The molecule has 1 rings (SSSR count). The van der Waals surface area contributed by atoms with E-state index in [9.17, 15) is 8.42 Å². The van der Waals surface area contributed by atoms with Crippen LogP contribution in [0.3, 0.4) is 0 Å². The van der Waals surface area contributed by atoms with Crippen molar-refractivity contribution in [1.82, 2.24) is 0 Å². The predicted octanol–water partition coefficient (Wildman–Crippen LogP) is 3.30. The number of sulfone groups is 1. The first-order valence-corrected chi connectivity index (χ1v) is 8.60. The molecule has 0 spiro atoms. The summed E-state index contributed by atoms with van der Waals surface area (Å²) in [5, 5.41) is 3.30. The molecule has 0 heterocycles. The van der Waals surface area contributed by atoms with E-state index >= 15 is 0 Å². The maximum Gasteiger partial charge on any atom is 0.152 e. The highest BCUT2D eigenvalue weighted by atomic mass is 79.9. The largest absolute Gasteiger partial charge is 0.381 e. The Morgan fingerprint density at radius 1 is 1.28 bits per heavy atom. The minimum Gasteiger partial charge on any atom is -0.381 e. The zero-order valence-electron chi connectivity index (χ0n) is 11.2. The minimum absolute atomic E-state index is 0.0893. The molecule has 102 valence electrons. The topological polar surface area (TPSA) is 46.2 Å². The summed E-state index contributed by atoms with van der Waals surface area (Å²) in [6.07, 6.45) is 0. The zero-order valence-corrected chi connectivity index (χ0v) is 13.7. The lowest BCUT2D eigenvalue weighted by molar-refractivity contribution is 0.593. The second-order valence-electron chi connectivity index (χ2n) is 4.66. The number of aryl methyl sites for hydroxylation is 2. The standard InChI is InChI=1S/C13H20BrNO2S/c1-5-18(16,17)8-11(4)15-13-9(2)6-12(14)7-10(13)3/h6-7,11,15H,5,8H2,1-4H3. The second kappa shape index (κ2) is 6.06. The first-order valence-electron chi connectivity index (χ1n) is 5.99. The molecule has 1 aromatic carbocycles. The van der Waals surface area contributed by atoms with Gasteiger partial charge in [-0.25, -0.2) is 8.42 Å². The van der Waals surface area contributed by atoms with E-state index in [1.807, 2.05) is 32.9 Å². The molecule has 1 unspecified atom stereocenters. The van der Waals surface area contributed by atoms with E-state index in [1.165, 1.54) is 0 Å².